The highest BCUT2D eigenvalue weighted by Crippen LogP contribution is 2.21. The van der Waals surface area contributed by atoms with Gasteiger partial charge in [-0.15, -0.1) is 0 Å². The monoisotopic (exact) mass is 350 g/mol. The fourth-order valence-electron chi connectivity index (χ4n) is 1.55. The number of nitrogens with one attached hydrogen (secondary N) is 2. The van der Waals surface area contributed by atoms with Gasteiger partial charge >= 0.3 is 0 Å². The van der Waals surface area contributed by atoms with Gasteiger partial charge in [-0.3, -0.25) is 10.1 Å². The molecule has 6 heteroatoms. The number of hydrogen-bond donors (Lipinski definition) is 3. The minimum atomic E-state index is -0.328. The Bertz CT molecular complexity index is 661. The van der Waals surface area contributed by atoms with Crippen molar-refractivity contribution in [3.63, 3.8) is 0 Å². The van der Waals surface area contributed by atoms with Crippen LogP contribution in [0.1, 0.15) is 10.4 Å². The first-order valence-electron chi connectivity index (χ1n) is 5.73. The van der Waals surface area contributed by atoms with E-state index < -0.39 is 0 Å². The summed E-state index contributed by atoms with van der Waals surface area (Å²) in [5.41, 5.74) is 0.916. The number of amides is 1. The number of thiocarbonyl (C=S) groups is 1. The molecule has 0 saturated carbocycles. The van der Waals surface area contributed by atoms with E-state index >= 15 is 0 Å². The predicted molar refractivity (Wildman–Crippen MR) is 85.9 cm³/mol. The SMILES string of the molecule is O=C(NC(=S)Nc1ccccc1O)c1ccccc1Br. The molecule has 0 radical (unpaired) electrons. The van der Waals surface area contributed by atoms with Gasteiger partial charge in [0.25, 0.3) is 5.91 Å². The van der Waals surface area contributed by atoms with Crippen LogP contribution in [-0.4, -0.2) is 16.1 Å². The van der Waals surface area contributed by atoms with Crippen molar-refractivity contribution in [2.24, 2.45) is 0 Å². The molecule has 0 bridgehead atoms. The molecule has 0 spiro atoms. The van der Waals surface area contributed by atoms with Gasteiger partial charge < -0.3 is 10.4 Å². The molecule has 3 N–H and O–H groups in total. The van der Waals surface area contributed by atoms with Crippen molar-refractivity contribution in [2.45, 2.75) is 0 Å². The molecule has 4 nitrogen and oxygen atoms in total. The summed E-state index contributed by atoms with van der Waals surface area (Å²) in [6.07, 6.45) is 0. The predicted octanol–water partition coefficient (Wildman–Crippen LogP) is 3.28. The van der Waals surface area contributed by atoms with Gasteiger partial charge in [0.05, 0.1) is 11.3 Å². The highest BCUT2D eigenvalue weighted by atomic mass is 79.9. The smallest absolute Gasteiger partial charge is 0.258 e. The zero-order chi connectivity index (χ0) is 14.5. The van der Waals surface area contributed by atoms with Crippen molar-refractivity contribution >= 4 is 44.9 Å². The summed E-state index contributed by atoms with van der Waals surface area (Å²) in [5, 5.41) is 15.0. The van der Waals surface area contributed by atoms with Crippen LogP contribution in [0, 0.1) is 0 Å². The molecule has 20 heavy (non-hydrogen) atoms. The lowest BCUT2D eigenvalue weighted by molar-refractivity contribution is 0.0977. The summed E-state index contributed by atoms with van der Waals surface area (Å²) in [6.45, 7) is 0. The van der Waals surface area contributed by atoms with Crippen molar-refractivity contribution in [2.75, 3.05) is 5.32 Å². The number of hydrogen-bond acceptors (Lipinski definition) is 3. The maximum atomic E-state index is 12.0. The lowest BCUT2D eigenvalue weighted by atomic mass is 10.2. The molecule has 1 amide bonds. The van der Waals surface area contributed by atoms with Crippen LogP contribution in [0.4, 0.5) is 5.69 Å². The summed E-state index contributed by atoms with van der Waals surface area (Å²) in [6, 6.07) is 13.7. The van der Waals surface area contributed by atoms with Crippen LogP contribution in [0.3, 0.4) is 0 Å². The molecule has 0 unspecified atom stereocenters. The molecule has 2 rings (SSSR count). The number of phenolic OH excluding ortho intramolecular Hbond substituents is 1. The number of benzene rings is 2. The second kappa shape index (κ2) is 6.49. The van der Waals surface area contributed by atoms with E-state index in [0.29, 0.717) is 15.7 Å². The number of rotatable bonds is 2. The standard InChI is InChI=1S/C14H11BrN2O2S/c15-10-6-2-1-5-9(10)13(19)17-14(20)16-11-7-3-4-8-12(11)18/h1-8,18H,(H2,16,17,19,20). The first kappa shape index (κ1) is 14.5. The second-order valence-electron chi connectivity index (χ2n) is 3.91. The van der Waals surface area contributed by atoms with E-state index in [9.17, 15) is 9.90 Å². The van der Waals surface area contributed by atoms with Crippen molar-refractivity contribution in [1.82, 2.24) is 5.32 Å². The Balaban J connectivity index is 2.04. The lowest BCUT2D eigenvalue weighted by Crippen LogP contribution is -2.34. The fourth-order valence-corrected chi connectivity index (χ4v) is 2.22. The van der Waals surface area contributed by atoms with Crippen molar-refractivity contribution in [3.8, 4) is 5.75 Å². The Hall–Kier alpha value is -1.92. The van der Waals surface area contributed by atoms with Crippen LogP contribution in [0.15, 0.2) is 53.0 Å². The van der Waals surface area contributed by atoms with Crippen molar-refractivity contribution in [3.05, 3.63) is 58.6 Å². The molecule has 2 aromatic rings. The van der Waals surface area contributed by atoms with Gasteiger partial charge in [-0.25, -0.2) is 0 Å². The summed E-state index contributed by atoms with van der Waals surface area (Å²) in [5.74, 6) is -0.268. The highest BCUT2D eigenvalue weighted by molar-refractivity contribution is 9.10. The Morgan fingerprint density at radius 1 is 1.10 bits per heavy atom. The molecule has 0 heterocycles. The number of para-hydroxylation sites is 2. The van der Waals surface area contributed by atoms with Gasteiger partial charge in [-0.2, -0.15) is 0 Å². The maximum Gasteiger partial charge on any atom is 0.258 e. The van der Waals surface area contributed by atoms with Crippen molar-refractivity contribution in [1.29, 1.82) is 0 Å². The molecule has 0 aliphatic heterocycles. The number of aromatic hydroxyl groups is 1. The van der Waals surface area contributed by atoms with Gasteiger partial charge in [0.1, 0.15) is 5.75 Å². The minimum Gasteiger partial charge on any atom is -0.506 e. The van der Waals surface area contributed by atoms with Crippen LogP contribution in [0.2, 0.25) is 0 Å². The second-order valence-corrected chi connectivity index (χ2v) is 5.17. The Kier molecular flexibility index (Phi) is 4.70. The number of halogens is 1. The normalized spacial score (nSPS) is 9.85. The van der Waals surface area contributed by atoms with Gasteiger partial charge in [-0.1, -0.05) is 24.3 Å². The van der Waals surface area contributed by atoms with Gasteiger partial charge in [0, 0.05) is 4.47 Å². The number of anilines is 1. The van der Waals surface area contributed by atoms with E-state index in [1.165, 1.54) is 6.07 Å². The van der Waals surface area contributed by atoms with E-state index in [-0.39, 0.29) is 16.8 Å². The third-order valence-corrected chi connectivity index (χ3v) is 3.39. The molecular weight excluding hydrogens is 340 g/mol. The third kappa shape index (κ3) is 3.55. The zero-order valence-corrected chi connectivity index (χ0v) is 12.7. The van der Waals surface area contributed by atoms with Gasteiger partial charge in [-0.05, 0) is 52.4 Å². The molecule has 102 valence electrons. The maximum absolute atomic E-state index is 12.0. The highest BCUT2D eigenvalue weighted by Gasteiger charge is 2.11. The molecule has 0 aliphatic carbocycles. The molecule has 0 saturated heterocycles. The average molecular weight is 351 g/mol. The molecule has 0 aliphatic rings. The van der Waals surface area contributed by atoms with E-state index in [2.05, 4.69) is 26.6 Å². The average Bonchev–Trinajstić information content (AvgIpc) is 2.41. The topological polar surface area (TPSA) is 61.4 Å². The fraction of sp³-hybridized carbons (Fsp3) is 0. The summed E-state index contributed by atoms with van der Waals surface area (Å²) in [7, 11) is 0. The minimum absolute atomic E-state index is 0.0602. The molecule has 2 aromatic carbocycles. The van der Waals surface area contributed by atoms with Crippen LogP contribution < -0.4 is 10.6 Å². The summed E-state index contributed by atoms with van der Waals surface area (Å²) >= 11 is 8.35. The van der Waals surface area contributed by atoms with Crippen LogP contribution in [-0.2, 0) is 0 Å². The van der Waals surface area contributed by atoms with Crippen molar-refractivity contribution < 1.29 is 9.90 Å². The first-order chi connectivity index (χ1) is 9.58. The largest absolute Gasteiger partial charge is 0.506 e. The molecule has 0 fully saturated rings. The Morgan fingerprint density at radius 2 is 1.75 bits per heavy atom. The van der Waals surface area contributed by atoms with Crippen LogP contribution in [0.5, 0.6) is 5.75 Å². The van der Waals surface area contributed by atoms with E-state index in [0.717, 1.165) is 0 Å². The zero-order valence-electron chi connectivity index (χ0n) is 10.3. The van der Waals surface area contributed by atoms with E-state index in [1.807, 2.05) is 6.07 Å². The lowest BCUT2D eigenvalue weighted by Gasteiger charge is -2.11. The Labute approximate surface area is 130 Å². The van der Waals surface area contributed by atoms with E-state index in [1.54, 1.807) is 36.4 Å². The molecular formula is C14H11BrN2O2S. The summed E-state index contributed by atoms with van der Waals surface area (Å²) < 4.78 is 0.683. The Morgan fingerprint density at radius 3 is 2.45 bits per heavy atom. The molecule has 0 aromatic heterocycles. The van der Waals surface area contributed by atoms with Crippen LogP contribution >= 0.6 is 28.1 Å². The van der Waals surface area contributed by atoms with Gasteiger partial charge in [0.2, 0.25) is 0 Å². The number of phenols is 1. The van der Waals surface area contributed by atoms with Crippen LogP contribution in [0.25, 0.3) is 0 Å². The quantitative estimate of drug-likeness (QED) is 0.574. The van der Waals surface area contributed by atoms with Gasteiger partial charge in [0.15, 0.2) is 5.11 Å². The molecule has 0 atom stereocenters. The van der Waals surface area contributed by atoms with E-state index in [4.69, 9.17) is 12.2 Å². The number of carbonyl (C=O) groups excluding carboxylic acids is 1. The first-order valence-corrected chi connectivity index (χ1v) is 6.93. The number of carbonyl (C=O) groups is 1. The summed E-state index contributed by atoms with van der Waals surface area (Å²) in [4.78, 5) is 12.0. The third-order valence-electron chi connectivity index (χ3n) is 2.50.